The van der Waals surface area contributed by atoms with Gasteiger partial charge in [-0.05, 0) is 25.5 Å². The van der Waals surface area contributed by atoms with Gasteiger partial charge in [0.25, 0.3) is 5.56 Å². The Kier molecular flexibility index (Phi) is 3.89. The third-order valence-corrected chi connectivity index (χ3v) is 2.94. The molecule has 1 aromatic carbocycles. The van der Waals surface area contributed by atoms with Crippen LogP contribution in [-0.4, -0.2) is 26.9 Å². The quantitative estimate of drug-likeness (QED) is 0.878. The van der Waals surface area contributed by atoms with Crippen LogP contribution in [-0.2, 0) is 11.3 Å². The van der Waals surface area contributed by atoms with E-state index in [1.807, 2.05) is 13.8 Å². The lowest BCUT2D eigenvalue weighted by Gasteiger charge is -2.11. The predicted molar refractivity (Wildman–Crippen MR) is 71.7 cm³/mol. The average molecular weight is 260 g/mol. The highest BCUT2D eigenvalue weighted by molar-refractivity contribution is 5.78. The predicted octanol–water partition coefficient (Wildman–Crippen LogP) is 0.706. The standard InChI is InChI=1S/C13H16N4O2/c1-3-9(2)14-12(18)8-17-13(19)10-6-4-5-7-11(10)15-16-17/h4-7,9H,3,8H2,1-2H3,(H,14,18)/t9-/m0/s1. The molecule has 2 aromatic rings. The van der Waals surface area contributed by atoms with E-state index in [0.29, 0.717) is 10.9 Å². The number of amides is 1. The summed E-state index contributed by atoms with van der Waals surface area (Å²) in [4.78, 5) is 23.8. The summed E-state index contributed by atoms with van der Waals surface area (Å²) in [6.45, 7) is 3.78. The van der Waals surface area contributed by atoms with Crippen LogP contribution >= 0.6 is 0 Å². The Morgan fingerprint density at radius 2 is 2.16 bits per heavy atom. The zero-order valence-corrected chi connectivity index (χ0v) is 11.0. The van der Waals surface area contributed by atoms with Crippen LogP contribution in [0.15, 0.2) is 29.1 Å². The fraction of sp³-hybridized carbons (Fsp3) is 0.385. The van der Waals surface area contributed by atoms with Crippen LogP contribution in [0.1, 0.15) is 20.3 Å². The normalized spacial score (nSPS) is 12.3. The van der Waals surface area contributed by atoms with E-state index in [0.717, 1.165) is 11.1 Å². The van der Waals surface area contributed by atoms with Crippen LogP contribution < -0.4 is 10.9 Å². The van der Waals surface area contributed by atoms with Gasteiger partial charge in [-0.15, -0.1) is 5.10 Å². The molecular weight excluding hydrogens is 244 g/mol. The lowest BCUT2D eigenvalue weighted by Crippen LogP contribution is -2.38. The molecule has 0 aliphatic carbocycles. The van der Waals surface area contributed by atoms with Crippen LogP contribution in [0.25, 0.3) is 10.9 Å². The topological polar surface area (TPSA) is 76.9 Å². The first kappa shape index (κ1) is 13.2. The third kappa shape index (κ3) is 2.96. The summed E-state index contributed by atoms with van der Waals surface area (Å²) in [5.41, 5.74) is 0.232. The summed E-state index contributed by atoms with van der Waals surface area (Å²) in [7, 11) is 0. The Labute approximate surface area is 110 Å². The van der Waals surface area contributed by atoms with Gasteiger partial charge in [0, 0.05) is 6.04 Å². The number of nitrogens with zero attached hydrogens (tertiary/aromatic N) is 3. The molecule has 0 bridgehead atoms. The van der Waals surface area contributed by atoms with E-state index in [4.69, 9.17) is 0 Å². The molecule has 1 atom stereocenters. The van der Waals surface area contributed by atoms with E-state index in [-0.39, 0.29) is 24.1 Å². The Balaban J connectivity index is 2.24. The highest BCUT2D eigenvalue weighted by Crippen LogP contribution is 2.03. The number of benzene rings is 1. The fourth-order valence-corrected chi connectivity index (χ4v) is 1.69. The Morgan fingerprint density at radius 1 is 1.42 bits per heavy atom. The number of hydrogen-bond donors (Lipinski definition) is 1. The molecule has 100 valence electrons. The van der Waals surface area contributed by atoms with Gasteiger partial charge in [0.15, 0.2) is 0 Å². The molecule has 0 saturated heterocycles. The van der Waals surface area contributed by atoms with Crippen molar-refractivity contribution in [2.45, 2.75) is 32.9 Å². The SMILES string of the molecule is CC[C@H](C)NC(=O)Cn1nnc2ccccc2c1=O. The lowest BCUT2D eigenvalue weighted by atomic mass is 10.2. The lowest BCUT2D eigenvalue weighted by molar-refractivity contribution is -0.122. The highest BCUT2D eigenvalue weighted by Gasteiger charge is 2.10. The molecule has 1 amide bonds. The van der Waals surface area contributed by atoms with Crippen LogP contribution in [0.5, 0.6) is 0 Å². The first-order chi connectivity index (χ1) is 9.11. The Bertz CT molecular complexity index is 650. The van der Waals surface area contributed by atoms with Crippen LogP contribution in [0.2, 0.25) is 0 Å². The van der Waals surface area contributed by atoms with Gasteiger partial charge >= 0.3 is 0 Å². The molecule has 0 radical (unpaired) electrons. The van der Waals surface area contributed by atoms with Gasteiger partial charge in [0.1, 0.15) is 12.1 Å². The summed E-state index contributed by atoms with van der Waals surface area (Å²) in [6, 6.07) is 7.02. The molecule has 2 rings (SSSR count). The first-order valence-electron chi connectivity index (χ1n) is 6.23. The second kappa shape index (κ2) is 5.60. The molecule has 1 N–H and O–H groups in total. The number of carbonyl (C=O) groups excluding carboxylic acids is 1. The molecule has 0 saturated carbocycles. The minimum atomic E-state index is -0.301. The van der Waals surface area contributed by atoms with Gasteiger partial charge in [-0.25, -0.2) is 4.68 Å². The van der Waals surface area contributed by atoms with Crippen molar-refractivity contribution < 1.29 is 4.79 Å². The van der Waals surface area contributed by atoms with Crippen molar-refractivity contribution in [3.05, 3.63) is 34.6 Å². The van der Waals surface area contributed by atoms with Crippen molar-refractivity contribution in [2.24, 2.45) is 0 Å². The number of rotatable bonds is 4. The van der Waals surface area contributed by atoms with Gasteiger partial charge in [-0.1, -0.05) is 24.3 Å². The average Bonchev–Trinajstić information content (AvgIpc) is 2.42. The highest BCUT2D eigenvalue weighted by atomic mass is 16.2. The smallest absolute Gasteiger partial charge is 0.278 e. The third-order valence-electron chi connectivity index (χ3n) is 2.94. The number of nitrogens with one attached hydrogen (secondary N) is 1. The second-order valence-corrected chi connectivity index (χ2v) is 4.45. The van der Waals surface area contributed by atoms with Gasteiger partial charge < -0.3 is 5.32 Å². The molecule has 0 spiro atoms. The minimum Gasteiger partial charge on any atom is -0.352 e. The molecule has 0 aliphatic rings. The van der Waals surface area contributed by atoms with E-state index < -0.39 is 0 Å². The Hall–Kier alpha value is -2.24. The van der Waals surface area contributed by atoms with Crippen LogP contribution in [0, 0.1) is 0 Å². The fourth-order valence-electron chi connectivity index (χ4n) is 1.69. The van der Waals surface area contributed by atoms with Gasteiger partial charge in [-0.3, -0.25) is 9.59 Å². The molecule has 6 heteroatoms. The van der Waals surface area contributed by atoms with Crippen LogP contribution in [0.3, 0.4) is 0 Å². The van der Waals surface area contributed by atoms with Crippen LogP contribution in [0.4, 0.5) is 0 Å². The van der Waals surface area contributed by atoms with Gasteiger partial charge in [0.2, 0.25) is 5.91 Å². The van der Waals surface area contributed by atoms with Crippen molar-refractivity contribution >= 4 is 16.8 Å². The molecule has 0 fully saturated rings. The zero-order chi connectivity index (χ0) is 13.8. The number of fused-ring (bicyclic) bond motifs is 1. The summed E-state index contributed by atoms with van der Waals surface area (Å²) in [6.07, 6.45) is 0.837. The van der Waals surface area contributed by atoms with E-state index in [9.17, 15) is 9.59 Å². The maximum Gasteiger partial charge on any atom is 0.278 e. The number of carbonyl (C=O) groups is 1. The molecule has 19 heavy (non-hydrogen) atoms. The zero-order valence-electron chi connectivity index (χ0n) is 11.0. The molecule has 0 aliphatic heterocycles. The maximum atomic E-state index is 12.1. The largest absolute Gasteiger partial charge is 0.352 e. The van der Waals surface area contributed by atoms with Crippen molar-refractivity contribution in [1.29, 1.82) is 0 Å². The van der Waals surface area contributed by atoms with Gasteiger partial charge in [0.05, 0.1) is 5.39 Å². The second-order valence-electron chi connectivity index (χ2n) is 4.45. The summed E-state index contributed by atoms with van der Waals surface area (Å²) in [5.74, 6) is -0.235. The van der Waals surface area contributed by atoms with Crippen molar-refractivity contribution in [1.82, 2.24) is 20.3 Å². The van der Waals surface area contributed by atoms with E-state index in [1.54, 1.807) is 24.3 Å². The molecule has 6 nitrogen and oxygen atoms in total. The van der Waals surface area contributed by atoms with Crippen molar-refractivity contribution in [3.8, 4) is 0 Å². The van der Waals surface area contributed by atoms with E-state index >= 15 is 0 Å². The minimum absolute atomic E-state index is 0.0802. The number of aromatic nitrogens is 3. The first-order valence-corrected chi connectivity index (χ1v) is 6.23. The summed E-state index contributed by atoms with van der Waals surface area (Å²) in [5, 5.41) is 11.0. The molecule has 1 aromatic heterocycles. The van der Waals surface area contributed by atoms with E-state index in [2.05, 4.69) is 15.6 Å². The van der Waals surface area contributed by atoms with E-state index in [1.165, 1.54) is 0 Å². The summed E-state index contributed by atoms with van der Waals surface area (Å²) >= 11 is 0. The van der Waals surface area contributed by atoms with Crippen molar-refractivity contribution in [2.75, 3.05) is 0 Å². The van der Waals surface area contributed by atoms with Crippen molar-refractivity contribution in [3.63, 3.8) is 0 Å². The maximum absolute atomic E-state index is 12.1. The van der Waals surface area contributed by atoms with Gasteiger partial charge in [-0.2, -0.15) is 0 Å². The molecule has 1 heterocycles. The monoisotopic (exact) mass is 260 g/mol. The molecule has 0 unspecified atom stereocenters. The number of hydrogen-bond acceptors (Lipinski definition) is 4. The molecular formula is C13H16N4O2. The Morgan fingerprint density at radius 3 is 2.89 bits per heavy atom. The summed E-state index contributed by atoms with van der Waals surface area (Å²) < 4.78 is 1.08.